The fourth-order valence-corrected chi connectivity index (χ4v) is 3.61. The number of aryl methyl sites for hydroxylation is 1. The smallest absolute Gasteiger partial charge is 0.317 e. The van der Waals surface area contributed by atoms with E-state index >= 15 is 0 Å². The quantitative estimate of drug-likeness (QED) is 0.906. The van der Waals surface area contributed by atoms with E-state index in [1.165, 1.54) is 10.5 Å². The van der Waals surface area contributed by atoms with Crippen LogP contribution in [0.25, 0.3) is 0 Å². The van der Waals surface area contributed by atoms with Gasteiger partial charge < -0.3 is 15.1 Å². The molecule has 0 bridgehead atoms. The molecule has 0 spiro atoms. The molecule has 2 amide bonds. The molecule has 4 nitrogen and oxygen atoms in total. The van der Waals surface area contributed by atoms with Crippen LogP contribution in [-0.4, -0.2) is 61.4 Å². The highest BCUT2D eigenvalue weighted by Gasteiger charge is 2.23. The number of likely N-dealkylation sites (tertiary alicyclic amines) is 1. The van der Waals surface area contributed by atoms with Gasteiger partial charge in [0.1, 0.15) is 0 Å². The first-order valence-electron chi connectivity index (χ1n) is 7.95. The van der Waals surface area contributed by atoms with Gasteiger partial charge >= 0.3 is 6.03 Å². The first-order chi connectivity index (χ1) is 10.5. The maximum atomic E-state index is 12.1. The van der Waals surface area contributed by atoms with Crippen LogP contribution in [-0.2, 0) is 0 Å². The van der Waals surface area contributed by atoms with Crippen molar-refractivity contribution in [2.24, 2.45) is 0 Å². The summed E-state index contributed by atoms with van der Waals surface area (Å²) in [4.78, 5) is 17.4. The van der Waals surface area contributed by atoms with Crippen molar-refractivity contribution in [3.8, 4) is 0 Å². The average molecular weight is 321 g/mol. The normalized spacial score (nSPS) is 16.1. The predicted molar refractivity (Wildman–Crippen MR) is 93.6 cm³/mol. The number of rotatable bonds is 5. The SMILES string of the molecule is Cc1ccc(SC2CCN(C(=O)NCCN(C)C)CC2)cc1. The Kier molecular flexibility index (Phi) is 6.58. The molecule has 22 heavy (non-hydrogen) atoms. The Hall–Kier alpha value is -1.20. The van der Waals surface area contributed by atoms with E-state index < -0.39 is 0 Å². The van der Waals surface area contributed by atoms with Crippen molar-refractivity contribution in [1.82, 2.24) is 15.1 Å². The van der Waals surface area contributed by atoms with Crippen molar-refractivity contribution in [3.63, 3.8) is 0 Å². The lowest BCUT2D eigenvalue weighted by molar-refractivity contribution is 0.186. The number of carbonyl (C=O) groups is 1. The van der Waals surface area contributed by atoms with Crippen LogP contribution < -0.4 is 5.32 Å². The molecule has 1 aliphatic heterocycles. The molecule has 1 aromatic carbocycles. The Morgan fingerprint density at radius 2 is 1.91 bits per heavy atom. The summed E-state index contributed by atoms with van der Waals surface area (Å²) >= 11 is 1.94. The van der Waals surface area contributed by atoms with E-state index in [4.69, 9.17) is 0 Å². The summed E-state index contributed by atoms with van der Waals surface area (Å²) in [6.07, 6.45) is 2.14. The van der Waals surface area contributed by atoms with E-state index in [9.17, 15) is 4.79 Å². The molecule has 0 unspecified atom stereocenters. The van der Waals surface area contributed by atoms with Crippen molar-refractivity contribution >= 4 is 17.8 Å². The van der Waals surface area contributed by atoms with E-state index in [1.54, 1.807) is 0 Å². The highest BCUT2D eigenvalue weighted by atomic mass is 32.2. The summed E-state index contributed by atoms with van der Waals surface area (Å²) in [7, 11) is 4.03. The third kappa shape index (κ3) is 5.54. The summed E-state index contributed by atoms with van der Waals surface area (Å²) < 4.78 is 0. The molecule has 0 saturated carbocycles. The van der Waals surface area contributed by atoms with E-state index in [0.717, 1.165) is 32.5 Å². The molecule has 1 aromatic rings. The molecule has 2 rings (SSSR count). The number of thioether (sulfide) groups is 1. The molecule has 1 N–H and O–H groups in total. The van der Waals surface area contributed by atoms with Crippen LogP contribution in [0.4, 0.5) is 4.79 Å². The van der Waals surface area contributed by atoms with Gasteiger partial charge in [-0.1, -0.05) is 17.7 Å². The largest absolute Gasteiger partial charge is 0.337 e. The van der Waals surface area contributed by atoms with Gasteiger partial charge in [0.05, 0.1) is 0 Å². The second-order valence-electron chi connectivity index (χ2n) is 6.15. The Bertz CT molecular complexity index is 467. The second-order valence-corrected chi connectivity index (χ2v) is 7.53. The lowest BCUT2D eigenvalue weighted by Crippen LogP contribution is -2.46. The van der Waals surface area contributed by atoms with Gasteiger partial charge in [-0.05, 0) is 46.0 Å². The number of benzene rings is 1. The first-order valence-corrected chi connectivity index (χ1v) is 8.83. The molecule has 0 aliphatic carbocycles. The fourth-order valence-electron chi connectivity index (χ4n) is 2.48. The summed E-state index contributed by atoms with van der Waals surface area (Å²) in [6, 6.07) is 8.80. The third-order valence-electron chi connectivity index (χ3n) is 3.89. The summed E-state index contributed by atoms with van der Waals surface area (Å²) in [5.74, 6) is 0. The van der Waals surface area contributed by atoms with Crippen LogP contribution in [0.1, 0.15) is 18.4 Å². The molecule has 1 aliphatic rings. The van der Waals surface area contributed by atoms with Crippen LogP contribution in [0.5, 0.6) is 0 Å². The van der Waals surface area contributed by atoms with Crippen LogP contribution >= 0.6 is 11.8 Å². The Labute approximate surface area is 138 Å². The first kappa shape index (κ1) is 17.2. The molecular formula is C17H27N3OS. The molecule has 1 heterocycles. The number of nitrogens with one attached hydrogen (secondary N) is 1. The Morgan fingerprint density at radius 1 is 1.27 bits per heavy atom. The molecule has 0 aromatic heterocycles. The second kappa shape index (κ2) is 8.44. The van der Waals surface area contributed by atoms with Crippen molar-refractivity contribution in [2.75, 3.05) is 40.3 Å². The number of hydrogen-bond donors (Lipinski definition) is 1. The van der Waals surface area contributed by atoms with Gasteiger partial charge in [0, 0.05) is 36.3 Å². The maximum absolute atomic E-state index is 12.1. The zero-order chi connectivity index (χ0) is 15.9. The number of amides is 2. The lowest BCUT2D eigenvalue weighted by Gasteiger charge is -2.31. The van der Waals surface area contributed by atoms with E-state index in [0.29, 0.717) is 11.8 Å². The van der Waals surface area contributed by atoms with Crippen LogP contribution in [0.15, 0.2) is 29.2 Å². The van der Waals surface area contributed by atoms with Crippen LogP contribution in [0, 0.1) is 6.92 Å². The zero-order valence-corrected chi connectivity index (χ0v) is 14.7. The average Bonchev–Trinajstić information content (AvgIpc) is 2.50. The van der Waals surface area contributed by atoms with Gasteiger partial charge in [-0.2, -0.15) is 0 Å². The molecule has 1 fully saturated rings. The van der Waals surface area contributed by atoms with E-state index in [1.807, 2.05) is 30.8 Å². The molecule has 1 saturated heterocycles. The standard InChI is InChI=1S/C17H27N3OS/c1-14-4-6-15(7-5-14)22-16-8-11-20(12-9-16)17(21)18-10-13-19(2)3/h4-7,16H,8-13H2,1-3H3,(H,18,21). The molecule has 0 atom stereocenters. The van der Waals surface area contributed by atoms with Gasteiger partial charge in [0.15, 0.2) is 0 Å². The maximum Gasteiger partial charge on any atom is 0.317 e. The predicted octanol–water partition coefficient (Wildman–Crippen LogP) is 2.82. The number of piperidine rings is 1. The number of carbonyl (C=O) groups excluding carboxylic acids is 1. The molecule has 5 heteroatoms. The van der Waals surface area contributed by atoms with Gasteiger partial charge in [-0.3, -0.25) is 0 Å². The zero-order valence-electron chi connectivity index (χ0n) is 13.8. The fraction of sp³-hybridized carbons (Fsp3) is 0.588. The number of nitrogens with zero attached hydrogens (tertiary/aromatic N) is 2. The van der Waals surface area contributed by atoms with Gasteiger partial charge in [0.2, 0.25) is 0 Å². The summed E-state index contributed by atoms with van der Waals surface area (Å²) in [5, 5.41) is 3.61. The number of likely N-dealkylation sites (N-methyl/N-ethyl adjacent to an activating group) is 1. The van der Waals surface area contributed by atoms with E-state index in [2.05, 4.69) is 41.4 Å². The Balaban J connectivity index is 1.71. The number of urea groups is 1. The van der Waals surface area contributed by atoms with Gasteiger partial charge in [-0.25, -0.2) is 4.79 Å². The topological polar surface area (TPSA) is 35.6 Å². The number of hydrogen-bond acceptors (Lipinski definition) is 3. The minimum absolute atomic E-state index is 0.0839. The monoisotopic (exact) mass is 321 g/mol. The highest BCUT2D eigenvalue weighted by Crippen LogP contribution is 2.30. The van der Waals surface area contributed by atoms with E-state index in [-0.39, 0.29) is 6.03 Å². The molecule has 0 radical (unpaired) electrons. The third-order valence-corrected chi connectivity index (χ3v) is 5.24. The lowest BCUT2D eigenvalue weighted by atomic mass is 10.1. The van der Waals surface area contributed by atoms with Crippen molar-refractivity contribution in [2.45, 2.75) is 29.9 Å². The van der Waals surface area contributed by atoms with Crippen LogP contribution in [0.3, 0.4) is 0 Å². The molecule has 122 valence electrons. The minimum Gasteiger partial charge on any atom is -0.337 e. The van der Waals surface area contributed by atoms with Crippen LogP contribution in [0.2, 0.25) is 0 Å². The Morgan fingerprint density at radius 3 is 2.50 bits per heavy atom. The summed E-state index contributed by atoms with van der Waals surface area (Å²) in [6.45, 7) is 5.42. The van der Waals surface area contributed by atoms with Crippen molar-refractivity contribution in [1.29, 1.82) is 0 Å². The van der Waals surface area contributed by atoms with Gasteiger partial charge in [0.25, 0.3) is 0 Å². The van der Waals surface area contributed by atoms with Crippen molar-refractivity contribution < 1.29 is 4.79 Å². The van der Waals surface area contributed by atoms with Crippen molar-refractivity contribution in [3.05, 3.63) is 29.8 Å². The van der Waals surface area contributed by atoms with Gasteiger partial charge in [-0.15, -0.1) is 11.8 Å². The summed E-state index contributed by atoms with van der Waals surface area (Å²) in [5.41, 5.74) is 1.30. The minimum atomic E-state index is 0.0839. The highest BCUT2D eigenvalue weighted by molar-refractivity contribution is 8.00. The molecular weight excluding hydrogens is 294 g/mol.